The number of benzene rings is 2. The van der Waals surface area contributed by atoms with Crippen molar-refractivity contribution in [2.24, 2.45) is 0 Å². The van der Waals surface area contributed by atoms with E-state index in [1.54, 1.807) is 18.2 Å². The van der Waals surface area contributed by atoms with Crippen LogP contribution in [0.4, 0.5) is 0 Å². The average molecular weight is 338 g/mol. The molecule has 22 heavy (non-hydrogen) atoms. The largest absolute Gasteiger partial charge is 0.492 e. The number of rotatable bonds is 5. The van der Waals surface area contributed by atoms with Gasteiger partial charge in [0.2, 0.25) is 0 Å². The van der Waals surface area contributed by atoms with Gasteiger partial charge in [0.15, 0.2) is 0 Å². The number of ether oxygens (including phenoxy) is 1. The minimum absolute atomic E-state index is 0.245. The van der Waals surface area contributed by atoms with Gasteiger partial charge < -0.3 is 10.1 Å². The molecule has 0 radical (unpaired) electrons. The van der Waals surface area contributed by atoms with E-state index in [1.165, 1.54) is 0 Å². The van der Waals surface area contributed by atoms with Crippen LogP contribution in [0.15, 0.2) is 36.4 Å². The molecule has 1 amide bonds. The third kappa shape index (κ3) is 4.65. The monoisotopic (exact) mass is 337 g/mol. The lowest BCUT2D eigenvalue weighted by atomic mass is 10.1. The molecule has 116 valence electrons. The molecule has 0 aliphatic heterocycles. The molecule has 2 aromatic carbocycles. The molecule has 0 fully saturated rings. The fourth-order valence-electron chi connectivity index (χ4n) is 2.12. The summed E-state index contributed by atoms with van der Waals surface area (Å²) in [6.45, 7) is 4.82. The van der Waals surface area contributed by atoms with Gasteiger partial charge in [0.25, 0.3) is 5.91 Å². The maximum absolute atomic E-state index is 12.0. The summed E-state index contributed by atoms with van der Waals surface area (Å²) < 4.78 is 5.63. The van der Waals surface area contributed by atoms with Crippen LogP contribution in [0, 0.1) is 13.8 Å². The maximum atomic E-state index is 12.0. The molecule has 0 aliphatic rings. The molecule has 0 aliphatic carbocycles. The lowest BCUT2D eigenvalue weighted by molar-refractivity contribution is 0.0947. The third-order valence-electron chi connectivity index (χ3n) is 3.03. The number of carbonyl (C=O) groups excluding carboxylic acids is 1. The average Bonchev–Trinajstić information content (AvgIpc) is 2.42. The first kappa shape index (κ1) is 16.7. The molecule has 0 atom stereocenters. The van der Waals surface area contributed by atoms with Gasteiger partial charge >= 0.3 is 0 Å². The van der Waals surface area contributed by atoms with Gasteiger partial charge in [-0.05, 0) is 55.3 Å². The topological polar surface area (TPSA) is 38.3 Å². The molecular weight excluding hydrogens is 321 g/mol. The van der Waals surface area contributed by atoms with Gasteiger partial charge in [0.05, 0.1) is 17.1 Å². The van der Waals surface area contributed by atoms with Crippen molar-refractivity contribution >= 4 is 29.1 Å². The highest BCUT2D eigenvalue weighted by Crippen LogP contribution is 2.20. The van der Waals surface area contributed by atoms with Crippen molar-refractivity contribution in [3.63, 3.8) is 0 Å². The molecule has 0 bridgehead atoms. The summed E-state index contributed by atoms with van der Waals surface area (Å²) in [6, 6.07) is 10.8. The first-order valence-electron chi connectivity index (χ1n) is 6.90. The predicted octanol–water partition coefficient (Wildman–Crippen LogP) is 4.42. The van der Waals surface area contributed by atoms with Crippen LogP contribution in [0.2, 0.25) is 10.0 Å². The third-order valence-corrected chi connectivity index (χ3v) is 3.58. The van der Waals surface area contributed by atoms with Gasteiger partial charge in [-0.25, -0.2) is 0 Å². The highest BCUT2D eigenvalue weighted by Gasteiger charge is 2.10. The van der Waals surface area contributed by atoms with E-state index in [2.05, 4.69) is 11.4 Å². The number of hydrogen-bond acceptors (Lipinski definition) is 2. The van der Waals surface area contributed by atoms with Crippen molar-refractivity contribution in [3.8, 4) is 5.75 Å². The summed E-state index contributed by atoms with van der Waals surface area (Å²) in [7, 11) is 0. The van der Waals surface area contributed by atoms with E-state index < -0.39 is 0 Å². The molecule has 0 aromatic heterocycles. The Morgan fingerprint density at radius 1 is 1.09 bits per heavy atom. The lowest BCUT2D eigenvalue weighted by Crippen LogP contribution is -2.28. The number of carbonyl (C=O) groups is 1. The van der Waals surface area contributed by atoms with Crippen LogP contribution in [0.1, 0.15) is 21.5 Å². The van der Waals surface area contributed by atoms with Crippen LogP contribution in [-0.2, 0) is 0 Å². The van der Waals surface area contributed by atoms with E-state index in [9.17, 15) is 4.79 Å². The maximum Gasteiger partial charge on any atom is 0.252 e. The molecule has 0 spiro atoms. The number of aryl methyl sites for hydroxylation is 2. The highest BCUT2D eigenvalue weighted by molar-refractivity contribution is 6.36. The first-order chi connectivity index (χ1) is 10.5. The van der Waals surface area contributed by atoms with E-state index in [0.717, 1.165) is 16.9 Å². The summed E-state index contributed by atoms with van der Waals surface area (Å²) in [4.78, 5) is 12.0. The molecule has 2 aromatic rings. The Labute approximate surface area is 140 Å². The van der Waals surface area contributed by atoms with E-state index in [4.69, 9.17) is 27.9 Å². The second-order valence-electron chi connectivity index (χ2n) is 5.05. The quantitative estimate of drug-likeness (QED) is 0.820. The summed E-state index contributed by atoms with van der Waals surface area (Å²) in [5, 5.41) is 3.60. The van der Waals surface area contributed by atoms with Gasteiger partial charge in [-0.1, -0.05) is 29.3 Å². The molecule has 5 heteroatoms. The number of halogens is 2. The Morgan fingerprint density at radius 2 is 1.77 bits per heavy atom. The molecule has 0 saturated heterocycles. The van der Waals surface area contributed by atoms with Gasteiger partial charge in [0.1, 0.15) is 12.4 Å². The van der Waals surface area contributed by atoms with Crippen molar-refractivity contribution in [1.29, 1.82) is 0 Å². The first-order valence-corrected chi connectivity index (χ1v) is 7.65. The standard InChI is InChI=1S/C17H17Cl2NO2/c1-11-7-12(2)9-14(8-11)22-6-5-20-17(21)15-4-3-13(18)10-16(15)19/h3-4,7-10H,5-6H2,1-2H3,(H,20,21). The van der Waals surface area contributed by atoms with E-state index in [0.29, 0.717) is 28.8 Å². The Balaban J connectivity index is 1.84. The highest BCUT2D eigenvalue weighted by atomic mass is 35.5. The number of hydrogen-bond donors (Lipinski definition) is 1. The SMILES string of the molecule is Cc1cc(C)cc(OCCNC(=O)c2ccc(Cl)cc2Cl)c1. The second kappa shape index (κ2) is 7.52. The van der Waals surface area contributed by atoms with Gasteiger partial charge in [-0.15, -0.1) is 0 Å². The van der Waals surface area contributed by atoms with Crippen molar-refractivity contribution < 1.29 is 9.53 Å². The lowest BCUT2D eigenvalue weighted by Gasteiger charge is -2.10. The van der Waals surface area contributed by atoms with Crippen molar-refractivity contribution in [2.75, 3.05) is 13.2 Å². The predicted molar refractivity (Wildman–Crippen MR) is 90.2 cm³/mol. The molecule has 0 saturated carbocycles. The van der Waals surface area contributed by atoms with E-state index >= 15 is 0 Å². The van der Waals surface area contributed by atoms with Crippen molar-refractivity contribution in [2.45, 2.75) is 13.8 Å². The number of nitrogens with one attached hydrogen (secondary N) is 1. The van der Waals surface area contributed by atoms with Crippen LogP contribution < -0.4 is 10.1 Å². The van der Waals surface area contributed by atoms with Crippen LogP contribution in [0.25, 0.3) is 0 Å². The van der Waals surface area contributed by atoms with E-state index in [-0.39, 0.29) is 5.91 Å². The minimum Gasteiger partial charge on any atom is -0.492 e. The molecule has 1 N–H and O–H groups in total. The second-order valence-corrected chi connectivity index (χ2v) is 5.90. The Hall–Kier alpha value is -1.71. The zero-order valence-electron chi connectivity index (χ0n) is 12.5. The molecule has 0 heterocycles. The van der Waals surface area contributed by atoms with Gasteiger partial charge in [-0.2, -0.15) is 0 Å². The van der Waals surface area contributed by atoms with Crippen LogP contribution in [-0.4, -0.2) is 19.1 Å². The van der Waals surface area contributed by atoms with Crippen LogP contribution >= 0.6 is 23.2 Å². The fourth-order valence-corrected chi connectivity index (χ4v) is 2.61. The summed E-state index contributed by atoms with van der Waals surface area (Å²) in [5.74, 6) is 0.557. The van der Waals surface area contributed by atoms with Crippen molar-refractivity contribution in [3.05, 3.63) is 63.1 Å². The van der Waals surface area contributed by atoms with E-state index in [1.807, 2.05) is 26.0 Å². The van der Waals surface area contributed by atoms with Crippen molar-refractivity contribution in [1.82, 2.24) is 5.32 Å². The van der Waals surface area contributed by atoms with Gasteiger partial charge in [-0.3, -0.25) is 4.79 Å². The zero-order chi connectivity index (χ0) is 16.1. The molecule has 3 nitrogen and oxygen atoms in total. The fraction of sp³-hybridized carbons (Fsp3) is 0.235. The molecular formula is C17H17Cl2NO2. The number of amides is 1. The normalized spacial score (nSPS) is 10.4. The molecule has 2 rings (SSSR count). The summed E-state index contributed by atoms with van der Waals surface area (Å²) in [5.41, 5.74) is 2.69. The smallest absolute Gasteiger partial charge is 0.252 e. The van der Waals surface area contributed by atoms with Crippen LogP contribution in [0.3, 0.4) is 0 Å². The Kier molecular flexibility index (Phi) is 5.69. The Bertz CT molecular complexity index is 666. The summed E-state index contributed by atoms with van der Waals surface area (Å²) in [6.07, 6.45) is 0. The zero-order valence-corrected chi connectivity index (χ0v) is 14.0. The summed E-state index contributed by atoms with van der Waals surface area (Å²) >= 11 is 11.8. The van der Waals surface area contributed by atoms with Gasteiger partial charge in [0, 0.05) is 5.02 Å². The minimum atomic E-state index is -0.245. The molecule has 0 unspecified atom stereocenters. The Morgan fingerprint density at radius 3 is 2.41 bits per heavy atom. The van der Waals surface area contributed by atoms with Crippen LogP contribution in [0.5, 0.6) is 5.75 Å².